The summed E-state index contributed by atoms with van der Waals surface area (Å²) < 4.78 is 6.85. The van der Waals surface area contributed by atoms with Gasteiger partial charge in [-0.2, -0.15) is 0 Å². The summed E-state index contributed by atoms with van der Waals surface area (Å²) in [6, 6.07) is 14.5. The lowest BCUT2D eigenvalue weighted by Gasteiger charge is -2.17. The van der Waals surface area contributed by atoms with Gasteiger partial charge in [-0.3, -0.25) is 4.79 Å². The van der Waals surface area contributed by atoms with Gasteiger partial charge in [-0.05, 0) is 41.6 Å². The van der Waals surface area contributed by atoms with Crippen LogP contribution in [0.5, 0.6) is 5.75 Å². The van der Waals surface area contributed by atoms with Gasteiger partial charge in [-0.15, -0.1) is 5.10 Å². The highest BCUT2D eigenvalue weighted by Gasteiger charge is 2.15. The van der Waals surface area contributed by atoms with Crippen molar-refractivity contribution in [3.8, 4) is 11.4 Å². The predicted octanol–water partition coefficient (Wildman–Crippen LogP) is 2.16. The average molecular weight is 323 g/mol. The van der Waals surface area contributed by atoms with Crippen LogP contribution in [0.3, 0.4) is 0 Å². The number of hydrogen-bond acceptors (Lipinski definition) is 5. The van der Waals surface area contributed by atoms with Crippen molar-refractivity contribution in [2.75, 3.05) is 7.11 Å². The van der Waals surface area contributed by atoms with Gasteiger partial charge < -0.3 is 10.1 Å². The first kappa shape index (κ1) is 15.7. The summed E-state index contributed by atoms with van der Waals surface area (Å²) >= 11 is 0. The number of nitrogens with one attached hydrogen (secondary N) is 1. The van der Waals surface area contributed by atoms with Gasteiger partial charge in [0.25, 0.3) is 5.91 Å². The van der Waals surface area contributed by atoms with Crippen molar-refractivity contribution < 1.29 is 9.53 Å². The second kappa shape index (κ2) is 6.91. The van der Waals surface area contributed by atoms with Crippen LogP contribution in [0.4, 0.5) is 0 Å². The topological polar surface area (TPSA) is 81.9 Å². The molecule has 7 heteroatoms. The summed E-state index contributed by atoms with van der Waals surface area (Å²) in [6.07, 6.45) is 1.48. The van der Waals surface area contributed by atoms with Gasteiger partial charge in [-0.25, -0.2) is 4.68 Å². The van der Waals surface area contributed by atoms with Crippen LogP contribution in [-0.2, 0) is 0 Å². The van der Waals surface area contributed by atoms with Gasteiger partial charge in [0, 0.05) is 11.1 Å². The zero-order chi connectivity index (χ0) is 16.9. The standard InChI is InChI=1S/C17H17N5O2/c1-12(15-8-3-4-9-16(15)24-2)19-17(23)13-6-5-7-14(10-13)22-11-18-20-21-22/h3-12H,1-2H3,(H,19,23). The van der Waals surface area contributed by atoms with Gasteiger partial charge in [-0.1, -0.05) is 24.3 Å². The van der Waals surface area contributed by atoms with E-state index >= 15 is 0 Å². The highest BCUT2D eigenvalue weighted by molar-refractivity contribution is 5.95. The molecule has 0 saturated carbocycles. The Morgan fingerprint density at radius 1 is 1.21 bits per heavy atom. The number of ether oxygens (including phenoxy) is 1. The Kier molecular flexibility index (Phi) is 4.51. The van der Waals surface area contributed by atoms with E-state index in [0.29, 0.717) is 5.56 Å². The summed E-state index contributed by atoms with van der Waals surface area (Å²) in [5.74, 6) is 0.566. The van der Waals surface area contributed by atoms with Gasteiger partial charge in [0.1, 0.15) is 12.1 Å². The molecule has 1 N–H and O–H groups in total. The molecular formula is C17H17N5O2. The van der Waals surface area contributed by atoms with E-state index in [2.05, 4.69) is 20.8 Å². The normalized spacial score (nSPS) is 11.8. The Morgan fingerprint density at radius 3 is 2.79 bits per heavy atom. The van der Waals surface area contributed by atoms with Crippen LogP contribution in [0.15, 0.2) is 54.9 Å². The monoisotopic (exact) mass is 323 g/mol. The van der Waals surface area contributed by atoms with Crippen molar-refractivity contribution in [3.63, 3.8) is 0 Å². The molecule has 0 aliphatic rings. The number of hydrogen-bond donors (Lipinski definition) is 1. The maximum absolute atomic E-state index is 12.5. The molecule has 3 aromatic rings. The molecule has 0 aliphatic carbocycles. The maximum Gasteiger partial charge on any atom is 0.251 e. The molecule has 0 aliphatic heterocycles. The number of methoxy groups -OCH3 is 1. The molecule has 1 atom stereocenters. The number of tetrazole rings is 1. The third-order valence-electron chi connectivity index (χ3n) is 3.67. The van der Waals surface area contributed by atoms with Gasteiger partial charge in [0.2, 0.25) is 0 Å². The van der Waals surface area contributed by atoms with Gasteiger partial charge >= 0.3 is 0 Å². The number of para-hydroxylation sites is 1. The number of aromatic nitrogens is 4. The Balaban J connectivity index is 1.79. The van der Waals surface area contributed by atoms with E-state index in [1.807, 2.05) is 37.3 Å². The molecule has 0 radical (unpaired) electrons. The first-order valence-corrected chi connectivity index (χ1v) is 7.46. The average Bonchev–Trinajstić information content (AvgIpc) is 3.16. The fourth-order valence-electron chi connectivity index (χ4n) is 2.45. The largest absolute Gasteiger partial charge is 0.496 e. The first-order chi connectivity index (χ1) is 11.7. The Labute approximate surface area is 139 Å². The van der Waals surface area contributed by atoms with Crippen LogP contribution >= 0.6 is 0 Å². The second-order valence-corrected chi connectivity index (χ2v) is 5.24. The van der Waals surface area contributed by atoms with Crippen molar-refractivity contribution >= 4 is 5.91 Å². The van der Waals surface area contributed by atoms with E-state index in [4.69, 9.17) is 4.74 Å². The molecule has 0 fully saturated rings. The quantitative estimate of drug-likeness (QED) is 0.778. The minimum absolute atomic E-state index is 0.177. The number of carbonyl (C=O) groups excluding carboxylic acids is 1. The van der Waals surface area contributed by atoms with Crippen LogP contribution in [0, 0.1) is 0 Å². The van der Waals surface area contributed by atoms with E-state index < -0.39 is 0 Å². The summed E-state index contributed by atoms with van der Waals surface area (Å²) in [6.45, 7) is 1.92. The fraction of sp³-hybridized carbons (Fsp3) is 0.176. The second-order valence-electron chi connectivity index (χ2n) is 5.24. The molecule has 1 heterocycles. The van der Waals surface area contributed by atoms with Gasteiger partial charge in [0.05, 0.1) is 18.8 Å². The van der Waals surface area contributed by atoms with Crippen molar-refractivity contribution in [2.24, 2.45) is 0 Å². The van der Waals surface area contributed by atoms with Crippen LogP contribution in [0.1, 0.15) is 28.9 Å². The Morgan fingerprint density at radius 2 is 2.04 bits per heavy atom. The summed E-state index contributed by atoms with van der Waals surface area (Å²) in [7, 11) is 1.61. The van der Waals surface area contributed by atoms with Crippen LogP contribution in [0.25, 0.3) is 5.69 Å². The number of benzene rings is 2. The molecule has 1 aromatic heterocycles. The lowest BCUT2D eigenvalue weighted by molar-refractivity contribution is 0.0939. The molecule has 1 amide bonds. The highest BCUT2D eigenvalue weighted by atomic mass is 16.5. The molecule has 122 valence electrons. The fourth-order valence-corrected chi connectivity index (χ4v) is 2.45. The molecule has 0 bridgehead atoms. The molecule has 24 heavy (non-hydrogen) atoms. The lowest BCUT2D eigenvalue weighted by atomic mass is 10.1. The SMILES string of the molecule is COc1ccccc1C(C)NC(=O)c1cccc(-n2cnnn2)c1. The summed E-state index contributed by atoms with van der Waals surface area (Å²) in [4.78, 5) is 12.5. The third-order valence-corrected chi connectivity index (χ3v) is 3.67. The number of nitrogens with zero attached hydrogens (tertiary/aromatic N) is 4. The smallest absolute Gasteiger partial charge is 0.251 e. The van der Waals surface area contributed by atoms with Crippen molar-refractivity contribution in [1.82, 2.24) is 25.5 Å². The minimum atomic E-state index is -0.189. The summed E-state index contributed by atoms with van der Waals surface area (Å²) in [5.41, 5.74) is 2.17. The van der Waals surface area contributed by atoms with E-state index in [9.17, 15) is 4.79 Å². The van der Waals surface area contributed by atoms with Crippen LogP contribution in [-0.4, -0.2) is 33.2 Å². The van der Waals surface area contributed by atoms with E-state index in [1.54, 1.807) is 25.3 Å². The number of carbonyl (C=O) groups is 1. The Bertz CT molecular complexity index is 833. The van der Waals surface area contributed by atoms with Crippen LogP contribution in [0.2, 0.25) is 0 Å². The van der Waals surface area contributed by atoms with Crippen LogP contribution < -0.4 is 10.1 Å². The minimum Gasteiger partial charge on any atom is -0.496 e. The Hall–Kier alpha value is -3.22. The molecule has 1 unspecified atom stereocenters. The van der Waals surface area contributed by atoms with E-state index in [-0.39, 0.29) is 11.9 Å². The molecule has 0 saturated heterocycles. The van der Waals surface area contributed by atoms with E-state index in [0.717, 1.165) is 17.0 Å². The third kappa shape index (κ3) is 3.24. The zero-order valence-corrected chi connectivity index (χ0v) is 13.4. The van der Waals surface area contributed by atoms with Crippen molar-refractivity contribution in [1.29, 1.82) is 0 Å². The maximum atomic E-state index is 12.5. The molecule has 7 nitrogen and oxygen atoms in total. The van der Waals surface area contributed by atoms with E-state index in [1.165, 1.54) is 11.0 Å². The zero-order valence-electron chi connectivity index (χ0n) is 13.4. The number of amides is 1. The summed E-state index contributed by atoms with van der Waals surface area (Å²) in [5, 5.41) is 14.0. The molecule has 2 aromatic carbocycles. The van der Waals surface area contributed by atoms with Gasteiger partial charge in [0.15, 0.2) is 0 Å². The highest BCUT2D eigenvalue weighted by Crippen LogP contribution is 2.24. The van der Waals surface area contributed by atoms with Crippen molar-refractivity contribution in [3.05, 3.63) is 66.0 Å². The molecule has 3 rings (SSSR count). The molecular weight excluding hydrogens is 306 g/mol. The first-order valence-electron chi connectivity index (χ1n) is 7.46. The predicted molar refractivity (Wildman–Crippen MR) is 88.0 cm³/mol. The lowest BCUT2D eigenvalue weighted by Crippen LogP contribution is -2.27. The molecule has 0 spiro atoms. The number of rotatable bonds is 5. The van der Waals surface area contributed by atoms with Crippen molar-refractivity contribution in [2.45, 2.75) is 13.0 Å².